The molecule has 0 bridgehead atoms. The quantitative estimate of drug-likeness (QED) is 0.790. The summed E-state index contributed by atoms with van der Waals surface area (Å²) < 4.78 is 5.10. The fourth-order valence-corrected chi connectivity index (χ4v) is 2.24. The molecule has 19 heavy (non-hydrogen) atoms. The molecule has 1 fully saturated rings. The molecule has 1 aliphatic rings. The Morgan fingerprint density at radius 1 is 1.47 bits per heavy atom. The summed E-state index contributed by atoms with van der Waals surface area (Å²) in [6, 6.07) is 6.81. The van der Waals surface area contributed by atoms with E-state index in [1.165, 1.54) is 12.8 Å². The van der Waals surface area contributed by atoms with Gasteiger partial charge in [0.15, 0.2) is 11.5 Å². The van der Waals surface area contributed by atoms with Gasteiger partial charge < -0.3 is 15.2 Å². The molecule has 4 nitrogen and oxygen atoms in total. The summed E-state index contributed by atoms with van der Waals surface area (Å²) in [4.78, 5) is 2.45. The fraction of sp³-hybridized carbons (Fsp3) is 0.600. The van der Waals surface area contributed by atoms with Crippen LogP contribution in [-0.2, 0) is 6.54 Å². The molecule has 0 aromatic heterocycles. The number of rotatable bonds is 7. The highest BCUT2D eigenvalue weighted by atomic mass is 16.5. The van der Waals surface area contributed by atoms with Crippen molar-refractivity contribution in [3.63, 3.8) is 0 Å². The Hall–Kier alpha value is -1.26. The van der Waals surface area contributed by atoms with E-state index in [2.05, 4.69) is 24.2 Å². The number of likely N-dealkylation sites (N-methyl/N-ethyl adjacent to an activating group) is 1. The second-order valence-electron chi connectivity index (χ2n) is 5.38. The molecule has 1 saturated carbocycles. The van der Waals surface area contributed by atoms with E-state index >= 15 is 0 Å². The molecule has 1 unspecified atom stereocenters. The first-order valence-electron chi connectivity index (χ1n) is 6.90. The molecule has 0 aliphatic heterocycles. The van der Waals surface area contributed by atoms with Gasteiger partial charge in [-0.2, -0.15) is 0 Å². The highest BCUT2D eigenvalue weighted by Crippen LogP contribution is 2.27. The first-order chi connectivity index (χ1) is 9.11. The van der Waals surface area contributed by atoms with Crippen LogP contribution >= 0.6 is 0 Å². The first-order valence-corrected chi connectivity index (χ1v) is 6.90. The first kappa shape index (κ1) is 14.2. The third-order valence-electron chi connectivity index (χ3n) is 3.83. The predicted octanol–water partition coefficient (Wildman–Crippen LogP) is 1.97. The zero-order valence-corrected chi connectivity index (χ0v) is 12.0. The van der Waals surface area contributed by atoms with Crippen molar-refractivity contribution in [1.29, 1.82) is 0 Å². The Morgan fingerprint density at radius 2 is 2.21 bits per heavy atom. The van der Waals surface area contributed by atoms with Crippen LogP contribution in [0.15, 0.2) is 18.2 Å². The maximum atomic E-state index is 9.54. The van der Waals surface area contributed by atoms with Crippen molar-refractivity contribution in [3.8, 4) is 11.5 Å². The van der Waals surface area contributed by atoms with Gasteiger partial charge in [0.1, 0.15) is 0 Å². The Labute approximate surface area is 115 Å². The van der Waals surface area contributed by atoms with Crippen LogP contribution in [0.2, 0.25) is 0 Å². The van der Waals surface area contributed by atoms with Crippen LogP contribution in [0.4, 0.5) is 0 Å². The van der Waals surface area contributed by atoms with E-state index < -0.39 is 0 Å². The van der Waals surface area contributed by atoms with Crippen molar-refractivity contribution in [1.82, 2.24) is 10.2 Å². The number of hydrogen-bond donors (Lipinski definition) is 2. The molecule has 1 aliphatic carbocycles. The smallest absolute Gasteiger partial charge is 0.160 e. The Bertz CT molecular complexity index is 419. The van der Waals surface area contributed by atoms with Crippen LogP contribution in [0.5, 0.6) is 11.5 Å². The second kappa shape index (κ2) is 6.26. The van der Waals surface area contributed by atoms with Gasteiger partial charge in [0.05, 0.1) is 7.11 Å². The molecule has 0 spiro atoms. The maximum absolute atomic E-state index is 9.54. The van der Waals surface area contributed by atoms with Crippen molar-refractivity contribution >= 4 is 0 Å². The normalized spacial score (nSPS) is 16.6. The number of benzene rings is 1. The number of phenols is 1. The zero-order valence-electron chi connectivity index (χ0n) is 12.0. The molecule has 0 amide bonds. The molecule has 4 heteroatoms. The lowest BCUT2D eigenvalue weighted by atomic mass is 10.2. The topological polar surface area (TPSA) is 44.7 Å². The molecule has 2 N–H and O–H groups in total. The molecule has 0 heterocycles. The lowest BCUT2D eigenvalue weighted by Crippen LogP contribution is -2.38. The summed E-state index contributed by atoms with van der Waals surface area (Å²) in [5.74, 6) is 0.718. The van der Waals surface area contributed by atoms with E-state index in [-0.39, 0.29) is 5.75 Å². The van der Waals surface area contributed by atoms with E-state index in [1.807, 2.05) is 12.1 Å². The van der Waals surface area contributed by atoms with Gasteiger partial charge in [-0.3, -0.25) is 4.90 Å². The van der Waals surface area contributed by atoms with E-state index in [9.17, 15) is 5.11 Å². The number of hydrogen-bond acceptors (Lipinski definition) is 4. The van der Waals surface area contributed by atoms with Crippen molar-refractivity contribution in [2.45, 2.75) is 38.4 Å². The molecule has 106 valence electrons. The minimum atomic E-state index is 0.188. The van der Waals surface area contributed by atoms with Gasteiger partial charge in [0.25, 0.3) is 0 Å². The number of aromatic hydroxyl groups is 1. The largest absolute Gasteiger partial charge is 0.504 e. The number of methoxy groups -OCH3 is 1. The van der Waals surface area contributed by atoms with Crippen molar-refractivity contribution < 1.29 is 9.84 Å². The van der Waals surface area contributed by atoms with E-state index in [1.54, 1.807) is 13.2 Å². The maximum Gasteiger partial charge on any atom is 0.160 e. The Balaban J connectivity index is 1.78. The number of nitrogens with zero attached hydrogens (tertiary/aromatic N) is 1. The molecule has 1 atom stereocenters. The lowest BCUT2D eigenvalue weighted by molar-refractivity contribution is 0.241. The van der Waals surface area contributed by atoms with Gasteiger partial charge in [-0.05, 0) is 44.5 Å². The predicted molar refractivity (Wildman–Crippen MR) is 76.6 cm³/mol. The van der Waals surface area contributed by atoms with E-state index in [0.29, 0.717) is 11.8 Å². The molecule has 0 saturated heterocycles. The Kier molecular flexibility index (Phi) is 4.66. The second-order valence-corrected chi connectivity index (χ2v) is 5.38. The van der Waals surface area contributed by atoms with Crippen LogP contribution in [0.25, 0.3) is 0 Å². The zero-order chi connectivity index (χ0) is 13.8. The minimum absolute atomic E-state index is 0.188. The van der Waals surface area contributed by atoms with E-state index in [0.717, 1.165) is 24.7 Å². The molecule has 2 rings (SSSR count). The molecular formula is C15H24N2O2. The number of ether oxygens (including phenoxy) is 1. The standard InChI is InChI=1S/C15H24N2O2/c1-11(17(2)13-5-6-13)9-16-10-12-4-7-14(18)15(8-12)19-3/h4,7-8,11,13,16,18H,5-6,9-10H2,1-3H3. The van der Waals surface area contributed by atoms with Crippen LogP contribution in [-0.4, -0.2) is 42.8 Å². The van der Waals surface area contributed by atoms with Crippen LogP contribution in [0, 0.1) is 0 Å². The average molecular weight is 264 g/mol. The van der Waals surface area contributed by atoms with Gasteiger partial charge in [0.2, 0.25) is 0 Å². The molecular weight excluding hydrogens is 240 g/mol. The van der Waals surface area contributed by atoms with Gasteiger partial charge >= 0.3 is 0 Å². The number of nitrogens with one attached hydrogen (secondary N) is 1. The third-order valence-corrected chi connectivity index (χ3v) is 3.83. The molecule has 1 aromatic rings. The highest BCUT2D eigenvalue weighted by Gasteiger charge is 2.28. The summed E-state index contributed by atoms with van der Waals surface area (Å²) in [6.45, 7) is 4.01. The van der Waals surface area contributed by atoms with Crippen molar-refractivity contribution in [3.05, 3.63) is 23.8 Å². The summed E-state index contributed by atoms with van der Waals surface area (Å²) >= 11 is 0. The molecule has 1 aromatic carbocycles. The van der Waals surface area contributed by atoms with Crippen LogP contribution in [0.1, 0.15) is 25.3 Å². The highest BCUT2D eigenvalue weighted by molar-refractivity contribution is 5.41. The third kappa shape index (κ3) is 3.85. The van der Waals surface area contributed by atoms with Gasteiger partial charge in [-0.25, -0.2) is 0 Å². The summed E-state index contributed by atoms with van der Waals surface area (Å²) in [6.07, 6.45) is 2.69. The summed E-state index contributed by atoms with van der Waals surface area (Å²) in [5, 5.41) is 13.0. The van der Waals surface area contributed by atoms with Gasteiger partial charge in [-0.15, -0.1) is 0 Å². The Morgan fingerprint density at radius 3 is 2.84 bits per heavy atom. The summed E-state index contributed by atoms with van der Waals surface area (Å²) in [7, 11) is 3.77. The van der Waals surface area contributed by atoms with Crippen molar-refractivity contribution in [2.75, 3.05) is 20.7 Å². The van der Waals surface area contributed by atoms with Crippen LogP contribution < -0.4 is 10.1 Å². The lowest BCUT2D eigenvalue weighted by Gasteiger charge is -2.24. The van der Waals surface area contributed by atoms with E-state index in [4.69, 9.17) is 4.74 Å². The SMILES string of the molecule is COc1cc(CNCC(C)N(C)C2CC2)ccc1O. The average Bonchev–Trinajstić information content (AvgIpc) is 3.24. The fourth-order valence-electron chi connectivity index (χ4n) is 2.24. The number of phenolic OH excluding ortho intramolecular Hbond substituents is 1. The summed E-state index contributed by atoms with van der Waals surface area (Å²) in [5.41, 5.74) is 1.12. The monoisotopic (exact) mass is 264 g/mol. The van der Waals surface area contributed by atoms with Crippen LogP contribution in [0.3, 0.4) is 0 Å². The van der Waals surface area contributed by atoms with Crippen molar-refractivity contribution in [2.24, 2.45) is 0 Å². The van der Waals surface area contributed by atoms with Gasteiger partial charge in [-0.1, -0.05) is 6.07 Å². The van der Waals surface area contributed by atoms with Gasteiger partial charge in [0, 0.05) is 25.2 Å². The minimum Gasteiger partial charge on any atom is -0.504 e. The molecule has 0 radical (unpaired) electrons.